The van der Waals surface area contributed by atoms with Gasteiger partial charge >= 0.3 is 25.7 Å². The summed E-state index contributed by atoms with van der Waals surface area (Å²) in [5, 5.41) is 17.4. The van der Waals surface area contributed by atoms with E-state index in [4.69, 9.17) is 33.7 Å². The normalized spacial score (nSPS) is 22.5. The number of nitrogens with two attached hydrogens (primary N) is 1. The number of para-hydroxylation sites is 1. The van der Waals surface area contributed by atoms with Crippen molar-refractivity contribution in [3.63, 3.8) is 0 Å². The van der Waals surface area contributed by atoms with Gasteiger partial charge in [0, 0.05) is 12.8 Å². The van der Waals surface area contributed by atoms with Gasteiger partial charge < -0.3 is 29.2 Å². The van der Waals surface area contributed by atoms with E-state index in [1.807, 2.05) is 13.0 Å². The quantitative estimate of drug-likeness (QED) is 0.134. The van der Waals surface area contributed by atoms with Crippen molar-refractivity contribution < 1.29 is 46.9 Å². The molecule has 16 nitrogen and oxygen atoms in total. The molecule has 2 aromatic heterocycles. The Kier molecular flexibility index (Phi) is 11.5. The number of nitrogens with zero attached hydrogens (tertiary/aromatic N) is 4. The van der Waals surface area contributed by atoms with Crippen LogP contribution in [0.2, 0.25) is 0 Å². The number of hydrogen-bond donors (Lipinski definition) is 2. The smallest absolute Gasteiger partial charge is 0.459 e. The van der Waals surface area contributed by atoms with Gasteiger partial charge in [0.15, 0.2) is 18.0 Å². The number of nitrogens with one attached hydrogen (secondary N) is 1. The van der Waals surface area contributed by atoms with Crippen molar-refractivity contribution in [2.45, 2.75) is 76.9 Å². The van der Waals surface area contributed by atoms with Crippen molar-refractivity contribution in [2.75, 3.05) is 18.9 Å². The van der Waals surface area contributed by atoms with E-state index in [1.165, 1.54) is 29.9 Å². The standard InChI is InChI=1S/C30H37N6O10P/c1-5-15-41-29(39)19(4)35-47(40,46-20-11-9-8-10-12-20)42-17-30(16-31)27(44-24(38)7-3)26(43-23(37)6-2)25(45-30)21-13-14-22-28(32)33-18-34-36(21)22/h8-14,18-19,25-27H,5-7,15,17H2,1-4H3,(H,35,40)(H2,32,33,34)/t19-,25-,26-,27-,30+,47+/m0/s1. The van der Waals surface area contributed by atoms with Crippen molar-refractivity contribution in [1.29, 1.82) is 5.26 Å². The van der Waals surface area contributed by atoms with Crippen LogP contribution in [0, 0.1) is 11.3 Å². The second kappa shape index (κ2) is 15.4. The largest absolute Gasteiger partial charge is 0.465 e. The lowest BCUT2D eigenvalue weighted by Crippen LogP contribution is -2.49. The monoisotopic (exact) mass is 672 g/mol. The molecule has 0 aliphatic carbocycles. The molecule has 17 heteroatoms. The number of rotatable bonds is 15. The van der Waals surface area contributed by atoms with Gasteiger partial charge in [-0.15, -0.1) is 0 Å². The number of aromatic nitrogens is 3. The van der Waals surface area contributed by atoms with Gasteiger partial charge in [-0.1, -0.05) is 39.0 Å². The average molecular weight is 673 g/mol. The minimum absolute atomic E-state index is 0.0478. The molecule has 3 N–H and O–H groups in total. The predicted octanol–water partition coefficient (Wildman–Crippen LogP) is 3.42. The summed E-state index contributed by atoms with van der Waals surface area (Å²) < 4.78 is 50.1. The topological polar surface area (TPSA) is 216 Å². The summed E-state index contributed by atoms with van der Waals surface area (Å²) in [4.78, 5) is 41.9. The van der Waals surface area contributed by atoms with Crippen LogP contribution >= 0.6 is 7.75 Å². The number of benzene rings is 1. The zero-order chi connectivity index (χ0) is 34.2. The van der Waals surface area contributed by atoms with Gasteiger partial charge in [0.05, 0.1) is 12.3 Å². The van der Waals surface area contributed by atoms with Crippen LogP contribution in [-0.2, 0) is 42.4 Å². The van der Waals surface area contributed by atoms with Crippen molar-refractivity contribution in [1.82, 2.24) is 19.7 Å². The van der Waals surface area contributed by atoms with E-state index in [2.05, 4.69) is 15.2 Å². The summed E-state index contributed by atoms with van der Waals surface area (Å²) >= 11 is 0. The fourth-order valence-electron chi connectivity index (χ4n) is 4.69. The molecule has 0 spiro atoms. The maximum Gasteiger partial charge on any atom is 0.459 e. The molecule has 0 saturated carbocycles. The van der Waals surface area contributed by atoms with Crippen LogP contribution in [0.3, 0.4) is 0 Å². The van der Waals surface area contributed by atoms with Crippen LogP contribution in [0.25, 0.3) is 5.52 Å². The molecular weight excluding hydrogens is 635 g/mol. The summed E-state index contributed by atoms with van der Waals surface area (Å²) in [6.07, 6.45) is -2.60. The Labute approximate surface area is 271 Å². The van der Waals surface area contributed by atoms with E-state index >= 15 is 0 Å². The summed E-state index contributed by atoms with van der Waals surface area (Å²) in [7, 11) is -4.51. The summed E-state index contributed by atoms with van der Waals surface area (Å²) in [5.41, 5.74) is 4.48. The van der Waals surface area contributed by atoms with Gasteiger partial charge in [0.25, 0.3) is 0 Å². The van der Waals surface area contributed by atoms with Crippen LogP contribution in [0.5, 0.6) is 5.75 Å². The molecule has 6 atom stereocenters. The fraction of sp³-hybridized carbons (Fsp3) is 0.467. The first-order valence-corrected chi connectivity index (χ1v) is 16.5. The minimum Gasteiger partial charge on any atom is -0.465 e. The van der Waals surface area contributed by atoms with Gasteiger partial charge in [-0.2, -0.15) is 15.4 Å². The highest BCUT2D eigenvalue weighted by atomic mass is 31.2. The first-order valence-electron chi connectivity index (χ1n) is 15.0. The number of nitriles is 1. The molecule has 0 radical (unpaired) electrons. The lowest BCUT2D eigenvalue weighted by Gasteiger charge is -2.30. The highest BCUT2D eigenvalue weighted by Gasteiger charge is 2.62. The third-order valence-electron chi connectivity index (χ3n) is 7.06. The minimum atomic E-state index is -4.51. The van der Waals surface area contributed by atoms with Gasteiger partial charge in [-0.25, -0.2) is 14.1 Å². The van der Waals surface area contributed by atoms with Crippen LogP contribution in [-0.4, -0.2) is 69.6 Å². The zero-order valence-electron chi connectivity index (χ0n) is 26.4. The van der Waals surface area contributed by atoms with Crippen molar-refractivity contribution in [2.24, 2.45) is 0 Å². The molecule has 3 heterocycles. The Hall–Kier alpha value is -4.55. The molecular formula is C30H37N6O10P. The first-order chi connectivity index (χ1) is 22.5. The maximum atomic E-state index is 14.2. The molecule has 47 heavy (non-hydrogen) atoms. The van der Waals surface area contributed by atoms with Crippen LogP contribution in [0.1, 0.15) is 58.8 Å². The maximum absolute atomic E-state index is 14.2. The Morgan fingerprint density at radius 2 is 1.83 bits per heavy atom. The summed E-state index contributed by atoms with van der Waals surface area (Å²) in [6, 6.07) is 12.0. The summed E-state index contributed by atoms with van der Waals surface area (Å²) in [5.74, 6) is -1.87. The molecule has 0 bridgehead atoms. The molecule has 1 aliphatic heterocycles. The Morgan fingerprint density at radius 1 is 1.13 bits per heavy atom. The second-order valence-corrected chi connectivity index (χ2v) is 12.2. The lowest BCUT2D eigenvalue weighted by atomic mass is 9.95. The number of esters is 3. The fourth-order valence-corrected chi connectivity index (χ4v) is 6.22. The van der Waals surface area contributed by atoms with Crippen molar-refractivity contribution in [3.05, 3.63) is 54.5 Å². The third kappa shape index (κ3) is 8.06. The number of nitrogen functional groups attached to an aromatic ring is 1. The van der Waals surface area contributed by atoms with Gasteiger partial charge in [-0.3, -0.25) is 18.9 Å². The molecule has 0 unspecified atom stereocenters. The van der Waals surface area contributed by atoms with E-state index < -0.39 is 62.2 Å². The molecule has 4 rings (SSSR count). The van der Waals surface area contributed by atoms with E-state index in [9.17, 15) is 24.2 Å². The number of fused-ring (bicyclic) bond motifs is 1. The zero-order valence-corrected chi connectivity index (χ0v) is 27.3. The highest BCUT2D eigenvalue weighted by molar-refractivity contribution is 7.52. The molecule has 1 fully saturated rings. The van der Waals surface area contributed by atoms with Crippen LogP contribution in [0.15, 0.2) is 48.8 Å². The third-order valence-corrected chi connectivity index (χ3v) is 8.68. The Balaban J connectivity index is 1.76. The number of anilines is 1. The number of carbonyl (C=O) groups is 3. The van der Waals surface area contributed by atoms with Gasteiger partial charge in [0.2, 0.25) is 5.60 Å². The highest BCUT2D eigenvalue weighted by Crippen LogP contribution is 2.50. The average Bonchev–Trinajstić information content (AvgIpc) is 3.63. The summed E-state index contributed by atoms with van der Waals surface area (Å²) in [6.45, 7) is 5.63. The van der Waals surface area contributed by atoms with Gasteiger partial charge in [-0.05, 0) is 37.6 Å². The van der Waals surface area contributed by atoms with Crippen LogP contribution in [0.4, 0.5) is 5.82 Å². The Morgan fingerprint density at radius 3 is 2.49 bits per heavy atom. The first kappa shape index (κ1) is 35.3. The molecule has 0 amide bonds. The SMILES string of the molecule is CCCOC(=O)[C@H](C)N[P@@](=O)(OC[C@@]1(C#N)O[C@@H](c2ccc3c(N)ncnn23)[C@H](OC(=O)CC)[C@@H]1OC(=O)CC)Oc1ccccc1. The molecule has 1 saturated heterocycles. The van der Waals surface area contributed by atoms with Crippen molar-refractivity contribution in [3.8, 4) is 11.8 Å². The van der Waals surface area contributed by atoms with Crippen molar-refractivity contribution >= 4 is 37.0 Å². The Bertz CT molecular complexity index is 1660. The molecule has 3 aromatic rings. The van der Waals surface area contributed by atoms with E-state index in [-0.39, 0.29) is 36.7 Å². The number of ether oxygens (including phenoxy) is 4. The number of hydrogen-bond acceptors (Lipinski definition) is 14. The van der Waals surface area contributed by atoms with E-state index in [1.54, 1.807) is 44.2 Å². The molecule has 252 valence electrons. The van der Waals surface area contributed by atoms with Crippen LogP contribution < -0.4 is 15.3 Å². The van der Waals surface area contributed by atoms with Gasteiger partial charge in [0.1, 0.15) is 42.4 Å². The molecule has 1 aliphatic rings. The predicted molar refractivity (Wildman–Crippen MR) is 164 cm³/mol. The van der Waals surface area contributed by atoms with E-state index in [0.29, 0.717) is 11.9 Å². The number of carbonyl (C=O) groups excluding carboxylic acids is 3. The molecule has 1 aromatic carbocycles. The lowest BCUT2D eigenvalue weighted by molar-refractivity contribution is -0.169. The second-order valence-electron chi connectivity index (χ2n) is 10.5. The van der Waals surface area contributed by atoms with E-state index in [0.717, 1.165) is 0 Å².